The van der Waals surface area contributed by atoms with E-state index in [0.717, 1.165) is 19.4 Å². The highest BCUT2D eigenvalue weighted by molar-refractivity contribution is 5.22. The number of ether oxygens (including phenoxy) is 2. The van der Waals surface area contributed by atoms with E-state index in [1.807, 2.05) is 6.92 Å². The summed E-state index contributed by atoms with van der Waals surface area (Å²) in [5.74, 6) is 0. The second kappa shape index (κ2) is 4.40. The largest absolute Gasteiger partial charge is 0.394 e. The third kappa shape index (κ3) is 1.88. The van der Waals surface area contributed by atoms with E-state index in [1.165, 1.54) is 0 Å². The first-order valence-electron chi connectivity index (χ1n) is 6.64. The van der Waals surface area contributed by atoms with Gasteiger partial charge in [-0.15, -0.1) is 0 Å². The summed E-state index contributed by atoms with van der Waals surface area (Å²) in [4.78, 5) is 2.16. The molecule has 3 aliphatic rings. The van der Waals surface area contributed by atoms with Gasteiger partial charge in [-0.3, -0.25) is 4.90 Å². The minimum atomic E-state index is -1.06. The summed E-state index contributed by atoms with van der Waals surface area (Å²) < 4.78 is 11.1. The van der Waals surface area contributed by atoms with Gasteiger partial charge in [0.15, 0.2) is 6.29 Å². The maximum absolute atomic E-state index is 10.2. The van der Waals surface area contributed by atoms with Crippen LogP contribution in [0, 0.1) is 0 Å². The van der Waals surface area contributed by atoms with Crippen LogP contribution in [0.4, 0.5) is 0 Å². The van der Waals surface area contributed by atoms with E-state index in [4.69, 9.17) is 14.6 Å². The molecule has 6 atom stereocenters. The zero-order valence-electron chi connectivity index (χ0n) is 10.5. The van der Waals surface area contributed by atoms with Gasteiger partial charge < -0.3 is 24.8 Å². The predicted octanol–water partition coefficient (Wildman–Crippen LogP) is -1.32. The van der Waals surface area contributed by atoms with E-state index in [2.05, 4.69) is 4.90 Å². The van der Waals surface area contributed by atoms with Crippen molar-refractivity contribution in [3.63, 3.8) is 0 Å². The number of aliphatic hydroxyl groups is 3. The standard InChI is InChI=1S/C12H21NO5/c1-2-17-11-8(13-6-12(13)3-4-12)10(16)9(15)7(5-14)18-11/h7-11,14-16H,2-6H2,1H3. The van der Waals surface area contributed by atoms with Gasteiger partial charge >= 0.3 is 0 Å². The molecular weight excluding hydrogens is 238 g/mol. The molecule has 6 heteroatoms. The molecule has 0 radical (unpaired) electrons. The Kier molecular flexibility index (Phi) is 3.12. The van der Waals surface area contributed by atoms with Crippen LogP contribution in [0.5, 0.6) is 0 Å². The molecule has 0 amide bonds. The molecule has 1 aliphatic carbocycles. The Bertz CT molecular complexity index is 322. The molecule has 0 aromatic carbocycles. The first kappa shape index (κ1) is 12.8. The fourth-order valence-electron chi connectivity index (χ4n) is 2.99. The fourth-order valence-corrected chi connectivity index (χ4v) is 2.99. The van der Waals surface area contributed by atoms with Crippen LogP contribution in [0.25, 0.3) is 0 Å². The summed E-state index contributed by atoms with van der Waals surface area (Å²) in [5, 5.41) is 29.3. The summed E-state index contributed by atoms with van der Waals surface area (Å²) in [6, 6.07) is -0.328. The average molecular weight is 259 g/mol. The lowest BCUT2D eigenvalue weighted by atomic mass is 9.97. The van der Waals surface area contributed by atoms with Crippen LogP contribution in [0.3, 0.4) is 0 Å². The van der Waals surface area contributed by atoms with Crippen molar-refractivity contribution in [2.24, 2.45) is 0 Å². The Hall–Kier alpha value is -0.240. The molecule has 1 saturated carbocycles. The van der Waals surface area contributed by atoms with E-state index >= 15 is 0 Å². The number of nitrogens with zero attached hydrogens (tertiary/aromatic N) is 1. The SMILES string of the molecule is CCOC1OC(CO)C(O)C(O)C1N1CC12CC2. The van der Waals surface area contributed by atoms with Crippen molar-refractivity contribution < 1.29 is 24.8 Å². The number of aliphatic hydroxyl groups excluding tert-OH is 3. The molecular formula is C12H21NO5. The van der Waals surface area contributed by atoms with Gasteiger partial charge in [0, 0.05) is 18.7 Å². The minimum Gasteiger partial charge on any atom is -0.394 e. The van der Waals surface area contributed by atoms with Gasteiger partial charge in [0.25, 0.3) is 0 Å². The molecule has 0 bridgehead atoms. The van der Waals surface area contributed by atoms with Crippen molar-refractivity contribution in [1.82, 2.24) is 4.90 Å². The van der Waals surface area contributed by atoms with Crippen LogP contribution >= 0.6 is 0 Å². The summed E-state index contributed by atoms with van der Waals surface area (Å²) in [7, 11) is 0. The average Bonchev–Trinajstić information content (AvgIpc) is 3.26. The van der Waals surface area contributed by atoms with Crippen molar-refractivity contribution in [1.29, 1.82) is 0 Å². The van der Waals surface area contributed by atoms with Gasteiger partial charge in [0.05, 0.1) is 12.6 Å². The fraction of sp³-hybridized carbons (Fsp3) is 1.00. The molecule has 3 rings (SSSR count). The van der Waals surface area contributed by atoms with Gasteiger partial charge in [0.1, 0.15) is 18.3 Å². The lowest BCUT2D eigenvalue weighted by molar-refractivity contribution is -0.279. The molecule has 2 heterocycles. The van der Waals surface area contributed by atoms with Crippen molar-refractivity contribution in [2.75, 3.05) is 19.8 Å². The Morgan fingerprint density at radius 3 is 2.56 bits per heavy atom. The van der Waals surface area contributed by atoms with Crippen LogP contribution < -0.4 is 0 Å². The van der Waals surface area contributed by atoms with Gasteiger partial charge in [-0.05, 0) is 19.8 Å². The molecule has 2 aliphatic heterocycles. The van der Waals surface area contributed by atoms with E-state index < -0.39 is 24.6 Å². The van der Waals surface area contributed by atoms with Crippen LogP contribution in [-0.2, 0) is 9.47 Å². The van der Waals surface area contributed by atoms with E-state index in [9.17, 15) is 10.2 Å². The zero-order chi connectivity index (χ0) is 12.9. The van der Waals surface area contributed by atoms with Gasteiger partial charge in [-0.25, -0.2) is 0 Å². The molecule has 2 saturated heterocycles. The molecule has 6 nitrogen and oxygen atoms in total. The Labute approximate surface area is 106 Å². The van der Waals surface area contributed by atoms with Crippen molar-refractivity contribution in [3.8, 4) is 0 Å². The summed E-state index contributed by atoms with van der Waals surface area (Å²) in [6.07, 6.45) is -1.06. The monoisotopic (exact) mass is 259 g/mol. The number of rotatable bonds is 4. The summed E-state index contributed by atoms with van der Waals surface area (Å²) >= 11 is 0. The maximum atomic E-state index is 10.2. The number of hydrogen-bond acceptors (Lipinski definition) is 6. The van der Waals surface area contributed by atoms with Crippen molar-refractivity contribution in [2.45, 2.75) is 55.9 Å². The first-order valence-corrected chi connectivity index (χ1v) is 6.64. The normalized spacial score (nSPS) is 49.3. The summed E-state index contributed by atoms with van der Waals surface area (Å²) in [5.41, 5.74) is 0.246. The minimum absolute atomic E-state index is 0.246. The molecule has 1 spiro atoms. The number of hydrogen-bond donors (Lipinski definition) is 3. The highest BCUT2D eigenvalue weighted by atomic mass is 16.7. The van der Waals surface area contributed by atoms with Crippen molar-refractivity contribution >= 4 is 0 Å². The highest BCUT2D eigenvalue weighted by Gasteiger charge is 2.67. The molecule has 0 aromatic heterocycles. The van der Waals surface area contributed by atoms with Gasteiger partial charge in [-0.1, -0.05) is 0 Å². The molecule has 104 valence electrons. The van der Waals surface area contributed by atoms with Gasteiger partial charge in [0.2, 0.25) is 0 Å². The summed E-state index contributed by atoms with van der Waals surface area (Å²) in [6.45, 7) is 2.96. The lowest BCUT2D eigenvalue weighted by Gasteiger charge is -2.42. The quantitative estimate of drug-likeness (QED) is 0.543. The highest BCUT2D eigenvalue weighted by Crippen LogP contribution is 2.56. The Morgan fingerprint density at radius 2 is 2.06 bits per heavy atom. The van der Waals surface area contributed by atoms with Crippen molar-refractivity contribution in [3.05, 3.63) is 0 Å². The maximum Gasteiger partial charge on any atom is 0.176 e. The first-order chi connectivity index (χ1) is 8.63. The van der Waals surface area contributed by atoms with E-state index in [0.29, 0.717) is 6.61 Å². The molecule has 3 fully saturated rings. The predicted molar refractivity (Wildman–Crippen MR) is 61.8 cm³/mol. The van der Waals surface area contributed by atoms with Crippen LogP contribution in [-0.4, -0.2) is 76.2 Å². The molecule has 0 aromatic rings. The Balaban J connectivity index is 1.75. The van der Waals surface area contributed by atoms with Crippen LogP contribution in [0.15, 0.2) is 0 Å². The molecule has 3 N–H and O–H groups in total. The zero-order valence-corrected chi connectivity index (χ0v) is 10.5. The second-order valence-corrected chi connectivity index (χ2v) is 5.50. The smallest absolute Gasteiger partial charge is 0.176 e. The second-order valence-electron chi connectivity index (χ2n) is 5.50. The Morgan fingerprint density at radius 1 is 1.33 bits per heavy atom. The van der Waals surface area contributed by atoms with E-state index in [1.54, 1.807) is 0 Å². The van der Waals surface area contributed by atoms with Crippen LogP contribution in [0.2, 0.25) is 0 Å². The van der Waals surface area contributed by atoms with E-state index in [-0.39, 0.29) is 18.2 Å². The third-order valence-electron chi connectivity index (χ3n) is 4.34. The molecule has 6 unspecified atom stereocenters. The van der Waals surface area contributed by atoms with Crippen LogP contribution in [0.1, 0.15) is 19.8 Å². The topological polar surface area (TPSA) is 82.2 Å². The van der Waals surface area contributed by atoms with Gasteiger partial charge in [-0.2, -0.15) is 0 Å². The molecule has 18 heavy (non-hydrogen) atoms. The lowest BCUT2D eigenvalue weighted by Crippen LogP contribution is -2.62. The third-order valence-corrected chi connectivity index (χ3v) is 4.34.